The van der Waals surface area contributed by atoms with Crippen molar-refractivity contribution in [3.8, 4) is 0 Å². The maximum atomic E-state index is 12.9. The maximum absolute atomic E-state index is 12.9. The highest BCUT2D eigenvalue weighted by Gasteiger charge is 2.38. The molecule has 25 heavy (non-hydrogen) atoms. The molecule has 0 saturated carbocycles. The molecule has 0 aliphatic carbocycles. The van der Waals surface area contributed by atoms with Crippen LogP contribution >= 0.6 is 0 Å². The van der Waals surface area contributed by atoms with Crippen LogP contribution < -0.4 is 4.90 Å². The van der Waals surface area contributed by atoms with E-state index in [2.05, 4.69) is 10.2 Å². The summed E-state index contributed by atoms with van der Waals surface area (Å²) < 4.78 is 2.04. The van der Waals surface area contributed by atoms with Crippen molar-refractivity contribution >= 4 is 17.5 Å². The number of anilines is 1. The third kappa shape index (κ3) is 2.79. The van der Waals surface area contributed by atoms with Crippen LogP contribution in [-0.4, -0.2) is 44.6 Å². The minimum absolute atomic E-state index is 0.0122. The predicted octanol–water partition coefficient (Wildman–Crippen LogP) is 1.29. The summed E-state index contributed by atoms with van der Waals surface area (Å²) >= 11 is 0. The molecule has 1 saturated heterocycles. The summed E-state index contributed by atoms with van der Waals surface area (Å²) in [6.07, 6.45) is 0.273. The summed E-state index contributed by atoms with van der Waals surface area (Å²) in [6.45, 7) is 6.20. The van der Waals surface area contributed by atoms with E-state index < -0.39 is 0 Å². The Morgan fingerprint density at radius 2 is 1.88 bits per heavy atom. The van der Waals surface area contributed by atoms with E-state index in [-0.39, 0.29) is 24.2 Å². The number of benzene rings is 1. The Balaban J connectivity index is 1.47. The number of carbonyl (C=O) groups is 2. The van der Waals surface area contributed by atoms with Gasteiger partial charge in [-0.05, 0) is 26.0 Å². The molecule has 1 aromatic carbocycles. The fraction of sp³-hybridized carbons (Fsp3) is 0.444. The van der Waals surface area contributed by atoms with E-state index in [0.29, 0.717) is 26.2 Å². The van der Waals surface area contributed by atoms with Gasteiger partial charge in [0.1, 0.15) is 5.82 Å². The number of aryl methyl sites for hydroxylation is 2. The SMILES string of the molecule is Cc1ccc(N2CC(C(=O)N3CCn4c(C)nnc4C3)CC2=O)cc1. The van der Waals surface area contributed by atoms with Crippen molar-refractivity contribution in [3.05, 3.63) is 41.5 Å². The number of amides is 2. The molecule has 2 aliphatic heterocycles. The first kappa shape index (κ1) is 15.8. The van der Waals surface area contributed by atoms with Gasteiger partial charge >= 0.3 is 0 Å². The second-order valence-corrected chi connectivity index (χ2v) is 6.82. The Labute approximate surface area is 146 Å². The summed E-state index contributed by atoms with van der Waals surface area (Å²) in [4.78, 5) is 28.8. The van der Waals surface area contributed by atoms with Gasteiger partial charge in [-0.25, -0.2) is 0 Å². The van der Waals surface area contributed by atoms with Crippen LogP contribution in [0.25, 0.3) is 0 Å². The van der Waals surface area contributed by atoms with Gasteiger partial charge in [0.05, 0.1) is 12.5 Å². The second-order valence-electron chi connectivity index (χ2n) is 6.82. The molecule has 130 valence electrons. The van der Waals surface area contributed by atoms with E-state index in [0.717, 1.165) is 22.9 Å². The summed E-state index contributed by atoms with van der Waals surface area (Å²) in [6, 6.07) is 7.84. The highest BCUT2D eigenvalue weighted by Crippen LogP contribution is 2.27. The van der Waals surface area contributed by atoms with Crippen LogP contribution in [0, 0.1) is 19.8 Å². The highest BCUT2D eigenvalue weighted by atomic mass is 16.2. The molecule has 1 unspecified atom stereocenters. The molecule has 3 heterocycles. The van der Waals surface area contributed by atoms with Crippen LogP contribution in [0.1, 0.15) is 23.6 Å². The average Bonchev–Trinajstić information content (AvgIpc) is 3.18. The van der Waals surface area contributed by atoms with E-state index in [1.165, 1.54) is 0 Å². The van der Waals surface area contributed by atoms with Gasteiger partial charge in [-0.15, -0.1) is 10.2 Å². The number of nitrogens with zero attached hydrogens (tertiary/aromatic N) is 5. The number of hydrogen-bond donors (Lipinski definition) is 0. The van der Waals surface area contributed by atoms with Crippen molar-refractivity contribution in [1.82, 2.24) is 19.7 Å². The summed E-state index contributed by atoms with van der Waals surface area (Å²) in [5.41, 5.74) is 2.01. The molecule has 7 nitrogen and oxygen atoms in total. The molecule has 0 radical (unpaired) electrons. The molecule has 0 spiro atoms. The van der Waals surface area contributed by atoms with Crippen LogP contribution in [0.2, 0.25) is 0 Å². The van der Waals surface area contributed by atoms with Crippen molar-refractivity contribution in [1.29, 1.82) is 0 Å². The lowest BCUT2D eigenvalue weighted by Gasteiger charge is -2.29. The molecule has 7 heteroatoms. The van der Waals surface area contributed by atoms with Crippen molar-refractivity contribution in [2.45, 2.75) is 33.4 Å². The van der Waals surface area contributed by atoms with E-state index in [4.69, 9.17) is 0 Å². The van der Waals surface area contributed by atoms with Gasteiger partial charge < -0.3 is 14.4 Å². The monoisotopic (exact) mass is 339 g/mol. The first-order chi connectivity index (χ1) is 12.0. The van der Waals surface area contributed by atoms with Gasteiger partial charge in [-0.3, -0.25) is 9.59 Å². The highest BCUT2D eigenvalue weighted by molar-refractivity contribution is 6.00. The fourth-order valence-corrected chi connectivity index (χ4v) is 3.60. The van der Waals surface area contributed by atoms with Crippen LogP contribution in [0.4, 0.5) is 5.69 Å². The number of fused-ring (bicyclic) bond motifs is 1. The number of rotatable bonds is 2. The molecule has 1 aromatic heterocycles. The van der Waals surface area contributed by atoms with Gasteiger partial charge in [-0.2, -0.15) is 0 Å². The van der Waals surface area contributed by atoms with Crippen LogP contribution in [0.3, 0.4) is 0 Å². The Morgan fingerprint density at radius 3 is 2.64 bits per heavy atom. The number of aromatic nitrogens is 3. The first-order valence-electron chi connectivity index (χ1n) is 8.57. The van der Waals surface area contributed by atoms with E-state index >= 15 is 0 Å². The predicted molar refractivity (Wildman–Crippen MR) is 91.8 cm³/mol. The number of carbonyl (C=O) groups excluding carboxylic acids is 2. The summed E-state index contributed by atoms with van der Waals surface area (Å²) in [5, 5.41) is 8.22. The van der Waals surface area contributed by atoms with Crippen LogP contribution in [0.15, 0.2) is 24.3 Å². The number of hydrogen-bond acceptors (Lipinski definition) is 4. The third-order valence-electron chi connectivity index (χ3n) is 5.07. The van der Waals surface area contributed by atoms with Crippen molar-refractivity contribution in [2.24, 2.45) is 5.92 Å². The van der Waals surface area contributed by atoms with Crippen molar-refractivity contribution in [3.63, 3.8) is 0 Å². The molecule has 4 rings (SSSR count). The zero-order valence-corrected chi connectivity index (χ0v) is 14.5. The van der Waals surface area contributed by atoms with E-state index in [1.807, 2.05) is 42.7 Å². The molecule has 2 aromatic rings. The average molecular weight is 339 g/mol. The summed E-state index contributed by atoms with van der Waals surface area (Å²) in [7, 11) is 0. The van der Waals surface area contributed by atoms with Crippen molar-refractivity contribution < 1.29 is 9.59 Å². The lowest BCUT2D eigenvalue weighted by Crippen LogP contribution is -2.42. The minimum atomic E-state index is -0.288. The fourth-order valence-electron chi connectivity index (χ4n) is 3.60. The maximum Gasteiger partial charge on any atom is 0.228 e. The molecule has 2 aliphatic rings. The summed E-state index contributed by atoms with van der Waals surface area (Å²) in [5.74, 6) is 1.46. The smallest absolute Gasteiger partial charge is 0.228 e. The first-order valence-corrected chi connectivity index (χ1v) is 8.57. The largest absolute Gasteiger partial charge is 0.333 e. The van der Waals surface area contributed by atoms with E-state index in [1.54, 1.807) is 9.80 Å². The lowest BCUT2D eigenvalue weighted by atomic mass is 10.1. The molecule has 0 N–H and O–H groups in total. The normalized spacial score (nSPS) is 20.1. The minimum Gasteiger partial charge on any atom is -0.333 e. The molecular weight excluding hydrogens is 318 g/mol. The zero-order chi connectivity index (χ0) is 17.6. The molecule has 0 bridgehead atoms. The van der Waals surface area contributed by atoms with Gasteiger partial charge in [0.2, 0.25) is 11.8 Å². The molecule has 1 atom stereocenters. The Hall–Kier alpha value is -2.70. The second kappa shape index (κ2) is 5.98. The Kier molecular flexibility index (Phi) is 3.78. The molecular formula is C18H21N5O2. The van der Waals surface area contributed by atoms with Gasteiger partial charge in [0, 0.05) is 31.7 Å². The van der Waals surface area contributed by atoms with Gasteiger partial charge in [-0.1, -0.05) is 17.7 Å². The standard InChI is InChI=1S/C18H21N5O2/c1-12-3-5-15(6-4-12)23-10-14(9-17(23)24)18(25)21-7-8-22-13(2)19-20-16(22)11-21/h3-6,14H,7-11H2,1-2H3. The van der Waals surface area contributed by atoms with Gasteiger partial charge in [0.25, 0.3) is 0 Å². The zero-order valence-electron chi connectivity index (χ0n) is 14.5. The van der Waals surface area contributed by atoms with Crippen molar-refractivity contribution in [2.75, 3.05) is 18.0 Å². The third-order valence-corrected chi connectivity index (χ3v) is 5.07. The topological polar surface area (TPSA) is 71.3 Å². The van der Waals surface area contributed by atoms with E-state index in [9.17, 15) is 9.59 Å². The lowest BCUT2D eigenvalue weighted by molar-refractivity contribution is -0.137. The molecule has 2 amide bonds. The quantitative estimate of drug-likeness (QED) is 0.827. The Morgan fingerprint density at radius 1 is 1.12 bits per heavy atom. The Bertz CT molecular complexity index is 826. The molecule has 1 fully saturated rings. The van der Waals surface area contributed by atoms with Gasteiger partial charge in [0.15, 0.2) is 5.82 Å². The van der Waals surface area contributed by atoms with Crippen LogP contribution in [0.5, 0.6) is 0 Å². The van der Waals surface area contributed by atoms with Crippen LogP contribution in [-0.2, 0) is 22.7 Å².